The van der Waals surface area contributed by atoms with Crippen molar-refractivity contribution >= 4 is 5.97 Å². The number of aromatic nitrogens is 1. The van der Waals surface area contributed by atoms with Gasteiger partial charge >= 0.3 is 5.97 Å². The third-order valence-corrected chi connectivity index (χ3v) is 2.51. The van der Waals surface area contributed by atoms with Gasteiger partial charge in [-0.15, -0.1) is 0 Å². The molecule has 0 saturated heterocycles. The van der Waals surface area contributed by atoms with Gasteiger partial charge in [0.05, 0.1) is 5.56 Å². The Bertz CT molecular complexity index is 585. The van der Waals surface area contributed by atoms with Crippen LogP contribution in [0.2, 0.25) is 0 Å². The summed E-state index contributed by atoms with van der Waals surface area (Å²) in [5.74, 6) is -0.0581. The third-order valence-electron chi connectivity index (χ3n) is 2.51. The second kappa shape index (κ2) is 8.71. The molecule has 0 aliphatic heterocycles. The van der Waals surface area contributed by atoms with Crippen LogP contribution in [0, 0.1) is 0 Å². The van der Waals surface area contributed by atoms with E-state index in [4.69, 9.17) is 9.84 Å². The van der Waals surface area contributed by atoms with Gasteiger partial charge in [0, 0.05) is 18.3 Å². The highest BCUT2D eigenvalue weighted by Crippen LogP contribution is 2.23. The standard InChI is InChI=1S/C14H14N2O3.C2H6/c1-15-9-11-5-3-7-16-13(11)19-12-6-2-4-10(8-12)14(17)18;1-2/h2-8,15H,9H2,1H3,(H,17,18);1-2H3. The number of nitrogens with zero attached hydrogens (tertiary/aromatic N) is 1. The molecule has 2 N–H and O–H groups in total. The number of nitrogens with one attached hydrogen (secondary N) is 1. The molecule has 0 unspecified atom stereocenters. The second-order valence-electron chi connectivity index (χ2n) is 3.93. The summed E-state index contributed by atoms with van der Waals surface area (Å²) in [6, 6.07) is 10.1. The van der Waals surface area contributed by atoms with Crippen molar-refractivity contribution < 1.29 is 14.6 Å². The largest absolute Gasteiger partial charge is 0.478 e. The number of carboxylic acids is 1. The normalized spacial score (nSPS) is 9.48. The number of benzene rings is 1. The van der Waals surface area contributed by atoms with Crippen molar-refractivity contribution in [3.05, 3.63) is 53.7 Å². The maximum atomic E-state index is 10.9. The lowest BCUT2D eigenvalue weighted by molar-refractivity contribution is 0.0696. The second-order valence-corrected chi connectivity index (χ2v) is 3.93. The molecule has 21 heavy (non-hydrogen) atoms. The van der Waals surface area contributed by atoms with Gasteiger partial charge < -0.3 is 15.2 Å². The first-order valence-electron chi connectivity index (χ1n) is 6.80. The maximum absolute atomic E-state index is 10.9. The van der Waals surface area contributed by atoms with Crippen LogP contribution in [0.25, 0.3) is 0 Å². The summed E-state index contributed by atoms with van der Waals surface area (Å²) in [5.41, 5.74) is 1.09. The van der Waals surface area contributed by atoms with E-state index in [-0.39, 0.29) is 5.56 Å². The van der Waals surface area contributed by atoms with Gasteiger partial charge in [-0.1, -0.05) is 26.0 Å². The van der Waals surface area contributed by atoms with Crippen LogP contribution in [-0.4, -0.2) is 23.1 Å². The summed E-state index contributed by atoms with van der Waals surface area (Å²) in [4.78, 5) is 15.1. The molecular formula is C16H20N2O3. The zero-order valence-corrected chi connectivity index (χ0v) is 12.5. The highest BCUT2D eigenvalue weighted by molar-refractivity contribution is 5.88. The molecule has 2 aromatic rings. The van der Waals surface area contributed by atoms with Crippen LogP contribution >= 0.6 is 0 Å². The number of carbonyl (C=O) groups is 1. The molecule has 1 aromatic heterocycles. The molecule has 0 fully saturated rings. The average molecular weight is 288 g/mol. The van der Waals surface area contributed by atoms with Crippen molar-refractivity contribution in [3.8, 4) is 11.6 Å². The molecule has 1 heterocycles. The molecule has 5 nitrogen and oxygen atoms in total. The van der Waals surface area contributed by atoms with Crippen molar-refractivity contribution in [2.75, 3.05) is 7.05 Å². The van der Waals surface area contributed by atoms with E-state index in [1.165, 1.54) is 12.1 Å². The molecule has 1 aromatic carbocycles. The highest BCUT2D eigenvalue weighted by Gasteiger charge is 2.08. The Morgan fingerprint density at radius 3 is 2.71 bits per heavy atom. The molecule has 0 aliphatic carbocycles. The van der Waals surface area contributed by atoms with Crippen molar-refractivity contribution in [1.82, 2.24) is 10.3 Å². The SMILES string of the molecule is CC.CNCc1cccnc1Oc1cccc(C(=O)O)c1. The van der Waals surface area contributed by atoms with Crippen molar-refractivity contribution in [2.24, 2.45) is 0 Å². The summed E-state index contributed by atoms with van der Waals surface area (Å²) in [6.45, 7) is 4.63. The van der Waals surface area contributed by atoms with Gasteiger partial charge in [-0.2, -0.15) is 0 Å². The highest BCUT2D eigenvalue weighted by atomic mass is 16.5. The molecule has 5 heteroatoms. The van der Waals surface area contributed by atoms with Crippen LogP contribution in [0.4, 0.5) is 0 Å². The number of hydrogen-bond donors (Lipinski definition) is 2. The maximum Gasteiger partial charge on any atom is 0.335 e. The molecule has 0 spiro atoms. The molecule has 0 saturated carbocycles. The van der Waals surface area contributed by atoms with Gasteiger partial charge in [-0.05, 0) is 31.3 Å². The lowest BCUT2D eigenvalue weighted by Crippen LogP contribution is -2.07. The molecule has 0 amide bonds. The minimum absolute atomic E-state index is 0.184. The Morgan fingerprint density at radius 2 is 2.05 bits per heavy atom. The van der Waals surface area contributed by atoms with E-state index in [1.54, 1.807) is 18.3 Å². The predicted molar refractivity (Wildman–Crippen MR) is 81.8 cm³/mol. The smallest absolute Gasteiger partial charge is 0.335 e. The first-order chi connectivity index (χ1) is 10.2. The Hall–Kier alpha value is -2.40. The van der Waals surface area contributed by atoms with E-state index in [9.17, 15) is 4.79 Å². The fourth-order valence-electron chi connectivity index (χ4n) is 1.65. The Morgan fingerprint density at radius 1 is 1.29 bits per heavy atom. The minimum atomic E-state index is -0.984. The van der Waals surface area contributed by atoms with Crippen LogP contribution in [0.15, 0.2) is 42.6 Å². The van der Waals surface area contributed by atoms with E-state index in [2.05, 4.69) is 10.3 Å². The van der Waals surface area contributed by atoms with E-state index in [1.807, 2.05) is 33.0 Å². The molecule has 0 bridgehead atoms. The van der Waals surface area contributed by atoms with E-state index in [0.29, 0.717) is 18.2 Å². The van der Waals surface area contributed by atoms with Crippen molar-refractivity contribution in [3.63, 3.8) is 0 Å². The van der Waals surface area contributed by atoms with Crippen molar-refractivity contribution in [2.45, 2.75) is 20.4 Å². The van der Waals surface area contributed by atoms with Gasteiger partial charge in [0.1, 0.15) is 5.75 Å². The topological polar surface area (TPSA) is 71.5 Å². The lowest BCUT2D eigenvalue weighted by atomic mass is 10.2. The van der Waals surface area contributed by atoms with Crippen LogP contribution in [0.1, 0.15) is 29.8 Å². The zero-order valence-electron chi connectivity index (χ0n) is 12.5. The molecule has 0 atom stereocenters. The summed E-state index contributed by atoms with van der Waals surface area (Å²) in [7, 11) is 1.84. The Balaban J connectivity index is 0.00000106. The zero-order chi connectivity index (χ0) is 15.7. The first kappa shape index (κ1) is 16.7. The summed E-state index contributed by atoms with van der Waals surface area (Å²) in [5, 5.41) is 12.0. The van der Waals surface area contributed by atoms with E-state index < -0.39 is 5.97 Å². The van der Waals surface area contributed by atoms with Gasteiger partial charge in [0.25, 0.3) is 0 Å². The minimum Gasteiger partial charge on any atom is -0.478 e. The average Bonchev–Trinajstić information content (AvgIpc) is 2.52. The fourth-order valence-corrected chi connectivity index (χ4v) is 1.65. The number of aromatic carboxylic acids is 1. The Labute approximate surface area is 124 Å². The van der Waals surface area contributed by atoms with Gasteiger partial charge in [0.2, 0.25) is 5.88 Å². The molecule has 112 valence electrons. The van der Waals surface area contributed by atoms with E-state index in [0.717, 1.165) is 5.56 Å². The van der Waals surface area contributed by atoms with Crippen LogP contribution in [0.3, 0.4) is 0 Å². The monoisotopic (exact) mass is 288 g/mol. The number of pyridine rings is 1. The fraction of sp³-hybridized carbons (Fsp3) is 0.250. The Kier molecular flexibility index (Phi) is 6.91. The van der Waals surface area contributed by atoms with Crippen LogP contribution < -0.4 is 10.1 Å². The predicted octanol–water partition coefficient (Wildman–Crippen LogP) is 3.32. The number of hydrogen-bond acceptors (Lipinski definition) is 4. The quantitative estimate of drug-likeness (QED) is 0.883. The lowest BCUT2D eigenvalue weighted by Gasteiger charge is -2.09. The summed E-state index contributed by atoms with van der Waals surface area (Å²) in [6.07, 6.45) is 1.63. The van der Waals surface area contributed by atoms with E-state index >= 15 is 0 Å². The third kappa shape index (κ3) is 4.89. The summed E-state index contributed by atoms with van der Waals surface area (Å²) < 4.78 is 5.64. The van der Waals surface area contributed by atoms with Gasteiger partial charge in [-0.3, -0.25) is 0 Å². The summed E-state index contributed by atoms with van der Waals surface area (Å²) >= 11 is 0. The van der Waals surface area contributed by atoms with Gasteiger partial charge in [0.15, 0.2) is 0 Å². The number of carboxylic acid groups (broad SMARTS) is 1. The van der Waals surface area contributed by atoms with Crippen molar-refractivity contribution in [1.29, 1.82) is 0 Å². The molecule has 0 radical (unpaired) electrons. The van der Waals surface area contributed by atoms with Crippen LogP contribution in [0.5, 0.6) is 11.6 Å². The molecule has 2 rings (SSSR count). The van der Waals surface area contributed by atoms with Gasteiger partial charge in [-0.25, -0.2) is 9.78 Å². The number of rotatable bonds is 5. The van der Waals surface area contributed by atoms with Crippen LogP contribution in [-0.2, 0) is 6.54 Å². The number of ether oxygens (including phenoxy) is 1. The first-order valence-corrected chi connectivity index (χ1v) is 6.80. The molecule has 0 aliphatic rings. The molecular weight excluding hydrogens is 268 g/mol.